The van der Waals surface area contributed by atoms with Crippen LogP contribution in [0.1, 0.15) is 20.1 Å². The number of benzene rings is 2. The number of fused-ring (bicyclic) bond motifs is 1. The molecule has 0 aliphatic heterocycles. The Hall–Kier alpha value is -1.93. The van der Waals surface area contributed by atoms with Gasteiger partial charge in [0, 0.05) is 11.3 Å². The molecule has 3 aromatic rings. The Morgan fingerprint density at radius 2 is 1.79 bits per heavy atom. The van der Waals surface area contributed by atoms with Gasteiger partial charge >= 0.3 is 0 Å². The van der Waals surface area contributed by atoms with E-state index in [-0.39, 0.29) is 5.78 Å². The highest BCUT2D eigenvalue weighted by Gasteiger charge is 2.10. The Morgan fingerprint density at radius 1 is 1.00 bits per heavy atom. The van der Waals surface area contributed by atoms with Crippen molar-refractivity contribution in [1.29, 1.82) is 0 Å². The first-order chi connectivity index (χ1) is 9.24. The fourth-order valence-electron chi connectivity index (χ4n) is 2.29. The van der Waals surface area contributed by atoms with Crippen molar-refractivity contribution in [3.8, 4) is 0 Å². The van der Waals surface area contributed by atoms with Gasteiger partial charge in [-0.25, -0.2) is 0 Å². The number of carbonyl (C=O) groups is 1. The molecule has 0 saturated carbocycles. The molecule has 1 nitrogen and oxygen atoms in total. The quantitative estimate of drug-likeness (QED) is 0.631. The van der Waals surface area contributed by atoms with Crippen LogP contribution in [0.4, 0.5) is 0 Å². The second kappa shape index (κ2) is 4.98. The number of aryl methyl sites for hydroxylation is 1. The Bertz CT molecular complexity index is 734. The highest BCUT2D eigenvalue weighted by atomic mass is 32.1. The second-order valence-electron chi connectivity index (χ2n) is 4.65. The molecule has 0 amide bonds. The van der Waals surface area contributed by atoms with E-state index in [9.17, 15) is 4.79 Å². The maximum absolute atomic E-state index is 12.3. The van der Waals surface area contributed by atoms with Crippen molar-refractivity contribution >= 4 is 27.9 Å². The van der Waals surface area contributed by atoms with Crippen LogP contribution in [0.3, 0.4) is 0 Å². The third kappa shape index (κ3) is 2.45. The third-order valence-electron chi connectivity index (χ3n) is 3.25. The molecule has 1 aromatic heterocycles. The molecule has 2 aromatic carbocycles. The SMILES string of the molecule is Cc1ccc(C(=O)Cc2cccc3ccccc23)s1. The van der Waals surface area contributed by atoms with E-state index in [0.29, 0.717) is 6.42 Å². The number of rotatable bonds is 3. The summed E-state index contributed by atoms with van der Waals surface area (Å²) in [6.45, 7) is 2.03. The minimum Gasteiger partial charge on any atom is -0.293 e. The summed E-state index contributed by atoms with van der Waals surface area (Å²) >= 11 is 1.57. The molecule has 94 valence electrons. The molecular formula is C17H14OS. The highest BCUT2D eigenvalue weighted by Crippen LogP contribution is 2.22. The molecule has 19 heavy (non-hydrogen) atoms. The van der Waals surface area contributed by atoms with E-state index in [1.54, 1.807) is 11.3 Å². The van der Waals surface area contributed by atoms with Crippen molar-refractivity contribution in [3.05, 3.63) is 69.9 Å². The molecule has 0 radical (unpaired) electrons. The van der Waals surface area contributed by atoms with E-state index < -0.39 is 0 Å². The summed E-state index contributed by atoms with van der Waals surface area (Å²) in [6, 6.07) is 18.3. The Labute approximate surface area is 116 Å². The Balaban J connectivity index is 1.95. The van der Waals surface area contributed by atoms with Crippen LogP contribution in [0.15, 0.2) is 54.6 Å². The van der Waals surface area contributed by atoms with Crippen molar-refractivity contribution < 1.29 is 4.79 Å². The van der Waals surface area contributed by atoms with Gasteiger partial charge in [0.1, 0.15) is 0 Å². The molecular weight excluding hydrogens is 252 g/mol. The van der Waals surface area contributed by atoms with E-state index in [4.69, 9.17) is 0 Å². The van der Waals surface area contributed by atoms with Gasteiger partial charge in [0.15, 0.2) is 5.78 Å². The summed E-state index contributed by atoms with van der Waals surface area (Å²) in [5.41, 5.74) is 1.11. The lowest BCUT2D eigenvalue weighted by atomic mass is 10.00. The average molecular weight is 266 g/mol. The van der Waals surface area contributed by atoms with E-state index in [1.165, 1.54) is 15.6 Å². The molecule has 3 rings (SSSR count). The maximum atomic E-state index is 12.3. The molecule has 1 heterocycles. The van der Waals surface area contributed by atoms with Crippen LogP contribution in [0.25, 0.3) is 10.8 Å². The zero-order chi connectivity index (χ0) is 13.2. The number of hydrogen-bond donors (Lipinski definition) is 0. The summed E-state index contributed by atoms with van der Waals surface area (Å²) in [5.74, 6) is 0.203. The second-order valence-corrected chi connectivity index (χ2v) is 5.94. The first-order valence-corrected chi connectivity index (χ1v) is 7.12. The van der Waals surface area contributed by atoms with Gasteiger partial charge in [-0.2, -0.15) is 0 Å². The fourth-order valence-corrected chi connectivity index (χ4v) is 3.10. The highest BCUT2D eigenvalue weighted by molar-refractivity contribution is 7.14. The smallest absolute Gasteiger partial charge is 0.177 e. The van der Waals surface area contributed by atoms with Crippen LogP contribution in [-0.2, 0) is 6.42 Å². The average Bonchev–Trinajstić information content (AvgIpc) is 2.86. The lowest BCUT2D eigenvalue weighted by Gasteiger charge is -2.05. The van der Waals surface area contributed by atoms with Crippen molar-refractivity contribution in [2.45, 2.75) is 13.3 Å². The molecule has 0 N–H and O–H groups in total. The monoisotopic (exact) mass is 266 g/mol. The maximum Gasteiger partial charge on any atom is 0.177 e. The van der Waals surface area contributed by atoms with Crippen LogP contribution in [-0.4, -0.2) is 5.78 Å². The van der Waals surface area contributed by atoms with Crippen molar-refractivity contribution in [2.24, 2.45) is 0 Å². The summed E-state index contributed by atoms with van der Waals surface area (Å²) in [5, 5.41) is 2.36. The van der Waals surface area contributed by atoms with Crippen LogP contribution in [0.2, 0.25) is 0 Å². The number of ketones is 1. The van der Waals surface area contributed by atoms with Crippen LogP contribution >= 0.6 is 11.3 Å². The predicted octanol–water partition coefficient (Wildman–Crippen LogP) is 4.64. The largest absolute Gasteiger partial charge is 0.293 e. The fraction of sp³-hybridized carbons (Fsp3) is 0.118. The first kappa shape index (κ1) is 12.1. The molecule has 2 heteroatoms. The van der Waals surface area contributed by atoms with Gasteiger partial charge < -0.3 is 0 Å². The lowest BCUT2D eigenvalue weighted by molar-refractivity contribution is 0.0997. The van der Waals surface area contributed by atoms with E-state index >= 15 is 0 Å². The molecule has 0 atom stereocenters. The zero-order valence-electron chi connectivity index (χ0n) is 10.7. The lowest BCUT2D eigenvalue weighted by Crippen LogP contribution is -2.01. The van der Waals surface area contributed by atoms with Crippen LogP contribution < -0.4 is 0 Å². The normalized spacial score (nSPS) is 10.8. The molecule has 0 unspecified atom stereocenters. The van der Waals surface area contributed by atoms with Gasteiger partial charge in [-0.3, -0.25) is 4.79 Å². The van der Waals surface area contributed by atoms with Gasteiger partial charge in [0.25, 0.3) is 0 Å². The van der Waals surface area contributed by atoms with Crippen LogP contribution in [0.5, 0.6) is 0 Å². The summed E-state index contributed by atoms with van der Waals surface area (Å²) in [7, 11) is 0. The Kier molecular flexibility index (Phi) is 3.18. The number of Topliss-reactive ketones (excluding diaryl/α,β-unsaturated/α-hetero) is 1. The molecule has 0 saturated heterocycles. The topological polar surface area (TPSA) is 17.1 Å². The number of thiophene rings is 1. The number of carbonyl (C=O) groups excluding carboxylic acids is 1. The summed E-state index contributed by atoms with van der Waals surface area (Å²) in [4.78, 5) is 14.3. The van der Waals surface area contributed by atoms with E-state index in [1.807, 2.05) is 43.3 Å². The van der Waals surface area contributed by atoms with Gasteiger partial charge in [-0.05, 0) is 35.4 Å². The standard InChI is InChI=1S/C17H14OS/c1-12-9-10-17(19-12)16(18)11-14-7-4-6-13-5-2-3-8-15(13)14/h2-10H,11H2,1H3. The summed E-state index contributed by atoms with van der Waals surface area (Å²) in [6.07, 6.45) is 0.474. The van der Waals surface area contributed by atoms with Crippen molar-refractivity contribution in [2.75, 3.05) is 0 Å². The summed E-state index contributed by atoms with van der Waals surface area (Å²) < 4.78 is 0. The van der Waals surface area contributed by atoms with Gasteiger partial charge in [-0.15, -0.1) is 11.3 Å². The Morgan fingerprint density at radius 3 is 2.58 bits per heavy atom. The minimum absolute atomic E-state index is 0.203. The van der Waals surface area contributed by atoms with Crippen molar-refractivity contribution in [3.63, 3.8) is 0 Å². The number of hydrogen-bond acceptors (Lipinski definition) is 2. The molecule has 0 fully saturated rings. The van der Waals surface area contributed by atoms with Gasteiger partial charge in [0.2, 0.25) is 0 Å². The van der Waals surface area contributed by atoms with Crippen molar-refractivity contribution in [1.82, 2.24) is 0 Å². The first-order valence-electron chi connectivity index (χ1n) is 6.30. The minimum atomic E-state index is 0.203. The molecule has 0 bridgehead atoms. The third-order valence-corrected chi connectivity index (χ3v) is 4.29. The van der Waals surface area contributed by atoms with Gasteiger partial charge in [-0.1, -0.05) is 42.5 Å². The predicted molar refractivity (Wildman–Crippen MR) is 81.0 cm³/mol. The van der Waals surface area contributed by atoms with E-state index in [2.05, 4.69) is 18.2 Å². The molecule has 0 aliphatic carbocycles. The van der Waals surface area contributed by atoms with Gasteiger partial charge in [0.05, 0.1) is 4.88 Å². The zero-order valence-corrected chi connectivity index (χ0v) is 11.5. The molecule has 0 aliphatic rings. The molecule has 0 spiro atoms. The van der Waals surface area contributed by atoms with E-state index in [0.717, 1.165) is 10.4 Å². The van der Waals surface area contributed by atoms with Crippen LogP contribution in [0, 0.1) is 6.92 Å².